The Kier molecular flexibility index (Phi) is 19.5. The quantitative estimate of drug-likeness (QED) is 0.0446. The minimum absolute atomic E-state index is 0.0260. The number of aromatic amines is 1. The van der Waals surface area contributed by atoms with E-state index in [0.29, 0.717) is 31.4 Å². The van der Waals surface area contributed by atoms with Crippen molar-refractivity contribution in [2.24, 2.45) is 23.3 Å². The molecule has 0 saturated carbocycles. The Morgan fingerprint density at radius 2 is 1.05 bits per heavy atom. The van der Waals surface area contributed by atoms with E-state index >= 15 is 0 Å². The number of fused-ring (bicyclic) bond motifs is 1. The first-order valence-corrected chi connectivity index (χ1v) is 22.0. The van der Waals surface area contributed by atoms with Crippen LogP contribution in [0, 0.1) is 11.8 Å². The fraction of sp³-hybridized carbons (Fsp3) is 0.438. The highest BCUT2D eigenvalue weighted by Crippen LogP contribution is 2.20. The first-order valence-electron chi connectivity index (χ1n) is 22.0. The van der Waals surface area contributed by atoms with Crippen molar-refractivity contribution in [3.8, 4) is 0 Å². The molecule has 0 bridgehead atoms. The Morgan fingerprint density at radius 1 is 0.562 bits per heavy atom. The summed E-state index contributed by atoms with van der Waals surface area (Å²) >= 11 is 0. The van der Waals surface area contributed by atoms with Crippen molar-refractivity contribution in [1.29, 1.82) is 0 Å². The third kappa shape index (κ3) is 15.7. The summed E-state index contributed by atoms with van der Waals surface area (Å²) in [5, 5.41) is 17.6. The van der Waals surface area contributed by atoms with Crippen molar-refractivity contribution in [2.45, 2.75) is 116 Å². The number of benzene rings is 3. The fourth-order valence-electron chi connectivity index (χ4n) is 7.44. The molecule has 0 aliphatic heterocycles. The second-order valence-corrected chi connectivity index (χ2v) is 17.0. The summed E-state index contributed by atoms with van der Waals surface area (Å²) in [6.45, 7) is 9.02. The van der Waals surface area contributed by atoms with E-state index in [9.17, 15) is 33.6 Å². The van der Waals surface area contributed by atoms with Gasteiger partial charge in [-0.2, -0.15) is 0 Å². The Balaban J connectivity index is 1.63. The number of unbranched alkanes of at least 4 members (excludes halogenated alkanes) is 1. The zero-order valence-corrected chi connectivity index (χ0v) is 37.4. The number of para-hydroxylation sites is 1. The number of hydrogen-bond acceptors (Lipinski definition) is 8. The average Bonchev–Trinajstić information content (AvgIpc) is 3.66. The van der Waals surface area contributed by atoms with E-state index in [1.807, 2.05) is 50.2 Å². The maximum absolute atomic E-state index is 14.5. The van der Waals surface area contributed by atoms with Gasteiger partial charge >= 0.3 is 0 Å². The number of aromatic nitrogens is 1. The van der Waals surface area contributed by atoms with Crippen LogP contribution in [-0.2, 0) is 52.8 Å². The van der Waals surface area contributed by atoms with Crippen LogP contribution in [0.15, 0.2) is 91.1 Å². The van der Waals surface area contributed by atoms with Gasteiger partial charge in [-0.3, -0.25) is 33.6 Å². The maximum atomic E-state index is 14.5. The lowest BCUT2D eigenvalue weighted by molar-refractivity contribution is -0.136. The number of hydrogen-bond donors (Lipinski definition) is 9. The lowest BCUT2D eigenvalue weighted by atomic mass is 9.98. The molecule has 3 aromatic carbocycles. The molecule has 0 aliphatic carbocycles. The molecule has 7 amide bonds. The lowest BCUT2D eigenvalue weighted by Crippen LogP contribution is -2.61. The summed E-state index contributed by atoms with van der Waals surface area (Å²) in [4.78, 5) is 98.5. The van der Waals surface area contributed by atoms with Crippen LogP contribution < -0.4 is 43.4 Å². The second kappa shape index (κ2) is 24.9. The van der Waals surface area contributed by atoms with E-state index in [-0.39, 0.29) is 31.6 Å². The first kappa shape index (κ1) is 50.1. The Bertz CT molecular complexity index is 2180. The number of rotatable bonds is 25. The van der Waals surface area contributed by atoms with Crippen LogP contribution in [0.4, 0.5) is 0 Å². The van der Waals surface area contributed by atoms with Gasteiger partial charge in [0, 0.05) is 43.3 Å². The molecule has 16 heteroatoms. The molecule has 0 radical (unpaired) electrons. The minimum Gasteiger partial charge on any atom is -0.368 e. The van der Waals surface area contributed by atoms with Crippen LogP contribution in [0.2, 0.25) is 0 Å². The summed E-state index contributed by atoms with van der Waals surface area (Å²) in [6.07, 6.45) is 3.66. The molecule has 0 saturated heterocycles. The standard InChI is InChI=1S/C48H65N9O7/c1-29(2)24-38(52-31(5)58)44(60)55-41(27-34-28-51-36-21-13-12-20-35(34)36)46(62)54-40(26-33-18-10-7-11-19-33)47(63)57-42(30(3)4)48(64)56-39(25-32-16-8-6-9-17-32)45(61)53-37(43(50)59)22-14-15-23-49/h6-13,16-21,28-30,37-42,51H,14-15,22-27,49H2,1-5H3,(H2,50,59)(H,52,58)(H,53,61)(H,54,62)(H,55,60)(H,56,64)(H,57,63)/t37-,38-,39-,40-,41-,42-/m0/s1. The molecule has 0 spiro atoms. The van der Waals surface area contributed by atoms with Gasteiger partial charge in [0.2, 0.25) is 41.4 Å². The molecule has 4 aromatic rings. The Labute approximate surface area is 375 Å². The Morgan fingerprint density at radius 3 is 1.56 bits per heavy atom. The number of primary amides is 1. The van der Waals surface area contributed by atoms with Crippen molar-refractivity contribution >= 4 is 52.3 Å². The zero-order chi connectivity index (χ0) is 46.8. The van der Waals surface area contributed by atoms with Crippen LogP contribution in [0.25, 0.3) is 10.9 Å². The molecule has 0 unspecified atom stereocenters. The highest BCUT2D eigenvalue weighted by molar-refractivity contribution is 5.97. The number of nitrogens with one attached hydrogen (secondary N) is 7. The number of nitrogens with two attached hydrogens (primary N) is 2. The van der Waals surface area contributed by atoms with Crippen LogP contribution >= 0.6 is 0 Å². The van der Waals surface area contributed by atoms with E-state index in [1.165, 1.54) is 6.92 Å². The molecule has 4 rings (SSSR count). The molecule has 1 heterocycles. The SMILES string of the molecule is CC(=O)N[C@@H](CC(C)C)C(=O)N[C@@H](Cc1c[nH]c2ccccc12)C(=O)N[C@@H](Cc1ccccc1)C(=O)N[C@H](C(=O)N[C@@H](Cc1ccccc1)C(=O)N[C@@H](CCCCN)C(N)=O)C(C)C. The van der Waals surface area contributed by atoms with Gasteiger partial charge in [-0.25, -0.2) is 0 Å². The van der Waals surface area contributed by atoms with Crippen LogP contribution in [-0.4, -0.2) is 89.1 Å². The fourth-order valence-corrected chi connectivity index (χ4v) is 7.44. The molecule has 1 aromatic heterocycles. The molecule has 344 valence electrons. The largest absolute Gasteiger partial charge is 0.368 e. The molecule has 6 atom stereocenters. The molecule has 16 nitrogen and oxygen atoms in total. The van der Waals surface area contributed by atoms with Gasteiger partial charge in [-0.1, -0.05) is 107 Å². The van der Waals surface area contributed by atoms with Gasteiger partial charge in [-0.05, 0) is 66.8 Å². The van der Waals surface area contributed by atoms with Crippen LogP contribution in [0.1, 0.15) is 77.0 Å². The van der Waals surface area contributed by atoms with Crippen molar-refractivity contribution in [2.75, 3.05) is 6.54 Å². The van der Waals surface area contributed by atoms with Crippen molar-refractivity contribution in [1.82, 2.24) is 36.9 Å². The van der Waals surface area contributed by atoms with E-state index in [0.717, 1.165) is 22.0 Å². The predicted octanol–water partition coefficient (Wildman–Crippen LogP) is 2.44. The van der Waals surface area contributed by atoms with Gasteiger partial charge < -0.3 is 48.4 Å². The highest BCUT2D eigenvalue weighted by Gasteiger charge is 2.35. The van der Waals surface area contributed by atoms with Gasteiger partial charge in [0.1, 0.15) is 36.3 Å². The van der Waals surface area contributed by atoms with Gasteiger partial charge in [0.25, 0.3) is 0 Å². The second-order valence-electron chi connectivity index (χ2n) is 17.0. The maximum Gasteiger partial charge on any atom is 0.243 e. The zero-order valence-electron chi connectivity index (χ0n) is 37.4. The van der Waals surface area contributed by atoms with Crippen molar-refractivity contribution in [3.63, 3.8) is 0 Å². The summed E-state index contributed by atoms with van der Waals surface area (Å²) in [5.74, 6) is -4.78. The van der Waals surface area contributed by atoms with Crippen molar-refractivity contribution < 1.29 is 33.6 Å². The summed E-state index contributed by atoms with van der Waals surface area (Å²) in [7, 11) is 0. The first-order chi connectivity index (χ1) is 30.6. The van der Waals surface area contributed by atoms with E-state index in [1.54, 1.807) is 68.6 Å². The predicted molar refractivity (Wildman–Crippen MR) is 246 cm³/mol. The van der Waals surface area contributed by atoms with Gasteiger partial charge in [-0.15, -0.1) is 0 Å². The summed E-state index contributed by atoms with van der Waals surface area (Å²) in [5.41, 5.74) is 14.3. The number of carbonyl (C=O) groups excluding carboxylic acids is 7. The molecule has 64 heavy (non-hydrogen) atoms. The van der Waals surface area contributed by atoms with Crippen molar-refractivity contribution in [3.05, 3.63) is 108 Å². The third-order valence-corrected chi connectivity index (χ3v) is 10.8. The number of H-pyrrole nitrogens is 1. The number of amides is 7. The molecular formula is C48H65N9O7. The Hall–Kier alpha value is -6.55. The molecule has 0 fully saturated rings. The molecule has 11 N–H and O–H groups in total. The summed E-state index contributed by atoms with van der Waals surface area (Å²) < 4.78 is 0. The smallest absolute Gasteiger partial charge is 0.243 e. The van der Waals surface area contributed by atoms with Gasteiger partial charge in [0.05, 0.1) is 0 Å². The number of carbonyl (C=O) groups is 7. The highest BCUT2D eigenvalue weighted by atomic mass is 16.2. The van der Waals surface area contributed by atoms with E-state index in [4.69, 9.17) is 11.5 Å². The van der Waals surface area contributed by atoms with Crippen LogP contribution in [0.5, 0.6) is 0 Å². The normalized spacial score (nSPS) is 14.1. The van der Waals surface area contributed by atoms with E-state index in [2.05, 4.69) is 36.9 Å². The average molecular weight is 880 g/mol. The molecular weight excluding hydrogens is 815 g/mol. The molecule has 0 aliphatic rings. The third-order valence-electron chi connectivity index (χ3n) is 10.8. The monoisotopic (exact) mass is 880 g/mol. The minimum atomic E-state index is -1.23. The van der Waals surface area contributed by atoms with E-state index < -0.39 is 83.5 Å². The summed E-state index contributed by atoms with van der Waals surface area (Å²) in [6, 6.07) is 18.9. The van der Waals surface area contributed by atoms with Gasteiger partial charge in [0.15, 0.2) is 0 Å². The topological polar surface area (TPSA) is 260 Å². The van der Waals surface area contributed by atoms with Crippen LogP contribution in [0.3, 0.4) is 0 Å². The lowest BCUT2D eigenvalue weighted by Gasteiger charge is -2.29.